The Morgan fingerprint density at radius 2 is 1.75 bits per heavy atom. The van der Waals surface area contributed by atoms with Crippen molar-refractivity contribution in [3.63, 3.8) is 0 Å². The second kappa shape index (κ2) is 8.85. The van der Waals surface area contributed by atoms with Crippen molar-refractivity contribution in [2.24, 2.45) is 0 Å². The molecule has 3 aromatic rings. The maximum Gasteiger partial charge on any atom is 0.322 e. The molecule has 28 heavy (non-hydrogen) atoms. The lowest BCUT2D eigenvalue weighted by atomic mass is 10.2. The van der Waals surface area contributed by atoms with Crippen LogP contribution in [0, 0.1) is 5.82 Å². The van der Waals surface area contributed by atoms with Gasteiger partial charge in [0, 0.05) is 24.5 Å². The Bertz CT molecular complexity index is 957. The smallest absolute Gasteiger partial charge is 0.322 e. The lowest BCUT2D eigenvalue weighted by molar-refractivity contribution is 0.0996. The van der Waals surface area contributed by atoms with E-state index in [9.17, 15) is 14.0 Å². The molecule has 2 N–H and O–H groups in total. The van der Waals surface area contributed by atoms with E-state index in [1.807, 2.05) is 6.92 Å². The zero-order chi connectivity index (χ0) is 19.9. The third-order valence-electron chi connectivity index (χ3n) is 4.05. The van der Waals surface area contributed by atoms with Crippen LogP contribution in [0.15, 0.2) is 71.3 Å². The van der Waals surface area contributed by atoms with E-state index >= 15 is 0 Å². The van der Waals surface area contributed by atoms with Crippen LogP contribution in [0.4, 0.5) is 20.6 Å². The first-order valence-electron chi connectivity index (χ1n) is 8.80. The van der Waals surface area contributed by atoms with E-state index in [1.54, 1.807) is 53.4 Å². The SMILES string of the molecule is CCN(Cc1cccc(F)c1)C(=O)Nc1cccc(NC(=O)c2ccco2)c1. The van der Waals surface area contributed by atoms with Gasteiger partial charge in [0.25, 0.3) is 5.91 Å². The second-order valence-electron chi connectivity index (χ2n) is 6.09. The molecular formula is C21H20FN3O3. The predicted molar refractivity (Wildman–Crippen MR) is 105 cm³/mol. The molecule has 7 heteroatoms. The average Bonchev–Trinajstić information content (AvgIpc) is 3.21. The molecule has 0 aliphatic heterocycles. The van der Waals surface area contributed by atoms with Crippen LogP contribution in [0.5, 0.6) is 0 Å². The lowest BCUT2D eigenvalue weighted by Gasteiger charge is -2.21. The molecule has 1 heterocycles. The van der Waals surface area contributed by atoms with Crippen LogP contribution in [0.1, 0.15) is 23.0 Å². The number of amides is 3. The van der Waals surface area contributed by atoms with E-state index in [4.69, 9.17) is 4.42 Å². The quantitative estimate of drug-likeness (QED) is 0.648. The van der Waals surface area contributed by atoms with Crippen molar-refractivity contribution in [3.8, 4) is 0 Å². The summed E-state index contributed by atoms with van der Waals surface area (Å²) in [5, 5.41) is 5.50. The molecule has 144 valence electrons. The molecule has 0 saturated carbocycles. The Balaban J connectivity index is 1.65. The van der Waals surface area contributed by atoms with Crippen LogP contribution in [0.25, 0.3) is 0 Å². The topological polar surface area (TPSA) is 74.6 Å². The van der Waals surface area contributed by atoms with Crippen molar-refractivity contribution in [1.29, 1.82) is 0 Å². The summed E-state index contributed by atoms with van der Waals surface area (Å²) in [7, 11) is 0. The van der Waals surface area contributed by atoms with Gasteiger partial charge in [-0.05, 0) is 55.0 Å². The molecule has 3 rings (SSSR count). The summed E-state index contributed by atoms with van der Waals surface area (Å²) in [5.74, 6) is -0.523. The predicted octanol–water partition coefficient (Wildman–Crippen LogP) is 4.73. The average molecular weight is 381 g/mol. The lowest BCUT2D eigenvalue weighted by Crippen LogP contribution is -2.34. The Labute approximate surface area is 162 Å². The van der Waals surface area contributed by atoms with E-state index in [2.05, 4.69) is 10.6 Å². The van der Waals surface area contributed by atoms with Crippen molar-refractivity contribution >= 4 is 23.3 Å². The second-order valence-corrected chi connectivity index (χ2v) is 6.09. The molecule has 0 unspecified atom stereocenters. The van der Waals surface area contributed by atoms with Crippen LogP contribution in [-0.2, 0) is 6.54 Å². The van der Waals surface area contributed by atoms with Gasteiger partial charge in [-0.1, -0.05) is 18.2 Å². The summed E-state index contributed by atoms with van der Waals surface area (Å²) in [5.41, 5.74) is 1.75. The zero-order valence-corrected chi connectivity index (χ0v) is 15.3. The zero-order valence-electron chi connectivity index (χ0n) is 15.3. The number of hydrogen-bond acceptors (Lipinski definition) is 3. The van der Waals surface area contributed by atoms with Gasteiger partial charge in [-0.3, -0.25) is 4.79 Å². The van der Waals surface area contributed by atoms with Gasteiger partial charge in [0.2, 0.25) is 0 Å². The number of carbonyl (C=O) groups excluding carboxylic acids is 2. The summed E-state index contributed by atoms with van der Waals surface area (Å²) in [6.45, 7) is 2.59. The number of benzene rings is 2. The highest BCUT2D eigenvalue weighted by Gasteiger charge is 2.14. The number of anilines is 2. The minimum absolute atomic E-state index is 0.196. The third kappa shape index (κ3) is 4.97. The highest BCUT2D eigenvalue weighted by atomic mass is 19.1. The van der Waals surface area contributed by atoms with Crippen LogP contribution in [0.2, 0.25) is 0 Å². The van der Waals surface area contributed by atoms with Gasteiger partial charge >= 0.3 is 6.03 Å². The first-order chi connectivity index (χ1) is 13.5. The Kier molecular flexibility index (Phi) is 6.06. The fourth-order valence-electron chi connectivity index (χ4n) is 2.66. The van der Waals surface area contributed by atoms with Crippen LogP contribution in [0.3, 0.4) is 0 Å². The van der Waals surface area contributed by atoms with Crippen LogP contribution >= 0.6 is 0 Å². The van der Waals surface area contributed by atoms with Gasteiger partial charge in [-0.2, -0.15) is 0 Å². The fraction of sp³-hybridized carbons (Fsp3) is 0.143. The van der Waals surface area contributed by atoms with Gasteiger partial charge in [-0.15, -0.1) is 0 Å². The Morgan fingerprint density at radius 1 is 1.00 bits per heavy atom. The highest BCUT2D eigenvalue weighted by Crippen LogP contribution is 2.17. The minimum Gasteiger partial charge on any atom is -0.459 e. The molecule has 0 saturated heterocycles. The number of nitrogens with one attached hydrogen (secondary N) is 2. The molecule has 0 fully saturated rings. The Morgan fingerprint density at radius 3 is 2.43 bits per heavy atom. The summed E-state index contributed by atoms with van der Waals surface area (Å²) in [6.07, 6.45) is 1.42. The number of halogens is 1. The molecule has 0 spiro atoms. The maximum atomic E-state index is 13.4. The maximum absolute atomic E-state index is 13.4. The highest BCUT2D eigenvalue weighted by molar-refractivity contribution is 6.02. The monoisotopic (exact) mass is 381 g/mol. The molecule has 2 aromatic carbocycles. The van der Waals surface area contributed by atoms with Crippen LogP contribution < -0.4 is 10.6 Å². The van der Waals surface area contributed by atoms with Gasteiger partial charge in [0.05, 0.1) is 6.26 Å². The van der Waals surface area contributed by atoms with E-state index in [-0.39, 0.29) is 30.1 Å². The summed E-state index contributed by atoms with van der Waals surface area (Å²) < 4.78 is 18.4. The summed E-state index contributed by atoms with van der Waals surface area (Å²) >= 11 is 0. The van der Waals surface area contributed by atoms with Gasteiger partial charge in [0.1, 0.15) is 5.82 Å². The molecule has 3 amide bonds. The summed E-state index contributed by atoms with van der Waals surface area (Å²) in [6, 6.07) is 15.8. The molecule has 6 nitrogen and oxygen atoms in total. The number of furan rings is 1. The standard InChI is InChI=1S/C21H20FN3O3/c1-2-25(14-15-6-3-7-16(22)12-15)21(27)24-18-9-4-8-17(13-18)23-20(26)19-10-5-11-28-19/h3-13H,2,14H2,1H3,(H,23,26)(H,24,27). The van der Waals surface area contributed by atoms with Crippen molar-refractivity contribution < 1.29 is 18.4 Å². The minimum atomic E-state index is -0.380. The molecule has 0 aliphatic carbocycles. The van der Waals surface area contributed by atoms with Crippen molar-refractivity contribution in [3.05, 3.63) is 84.1 Å². The number of nitrogens with zero attached hydrogens (tertiary/aromatic N) is 1. The fourth-order valence-corrected chi connectivity index (χ4v) is 2.66. The number of rotatable bonds is 6. The van der Waals surface area contributed by atoms with Crippen molar-refractivity contribution in [2.45, 2.75) is 13.5 Å². The van der Waals surface area contributed by atoms with E-state index < -0.39 is 0 Å². The third-order valence-corrected chi connectivity index (χ3v) is 4.05. The van der Waals surface area contributed by atoms with E-state index in [1.165, 1.54) is 18.4 Å². The van der Waals surface area contributed by atoms with Gasteiger partial charge in [-0.25, -0.2) is 9.18 Å². The number of hydrogen-bond donors (Lipinski definition) is 2. The number of carbonyl (C=O) groups is 2. The molecule has 1 aromatic heterocycles. The molecular weight excluding hydrogens is 361 g/mol. The molecule has 0 radical (unpaired) electrons. The van der Waals surface area contributed by atoms with E-state index in [0.717, 1.165) is 0 Å². The van der Waals surface area contributed by atoms with Crippen molar-refractivity contribution in [2.75, 3.05) is 17.2 Å². The van der Waals surface area contributed by atoms with Crippen molar-refractivity contribution in [1.82, 2.24) is 4.90 Å². The first kappa shape index (κ1) is 19.2. The normalized spacial score (nSPS) is 10.4. The Hall–Kier alpha value is -3.61. The largest absolute Gasteiger partial charge is 0.459 e. The van der Waals surface area contributed by atoms with Gasteiger partial charge in [0.15, 0.2) is 5.76 Å². The molecule has 0 aliphatic rings. The van der Waals surface area contributed by atoms with Gasteiger partial charge < -0.3 is 20.0 Å². The van der Waals surface area contributed by atoms with Crippen LogP contribution in [-0.4, -0.2) is 23.4 Å². The summed E-state index contributed by atoms with van der Waals surface area (Å²) in [4.78, 5) is 26.2. The first-order valence-corrected chi connectivity index (χ1v) is 8.80. The molecule has 0 bridgehead atoms. The molecule has 0 atom stereocenters. The number of urea groups is 1. The van der Waals surface area contributed by atoms with E-state index in [0.29, 0.717) is 23.5 Å².